The highest BCUT2D eigenvalue weighted by Crippen LogP contribution is 2.36. The molecule has 0 spiro atoms. The third-order valence-electron chi connectivity index (χ3n) is 7.25. The average molecular weight is 608 g/mol. The summed E-state index contributed by atoms with van der Waals surface area (Å²) in [5.74, 6) is 0.335. The number of hydrogen-bond donors (Lipinski definition) is 2. The Labute approximate surface area is 255 Å². The molecule has 13 nitrogen and oxygen atoms in total. The van der Waals surface area contributed by atoms with Crippen molar-refractivity contribution in [1.82, 2.24) is 19.4 Å². The van der Waals surface area contributed by atoms with Crippen LogP contribution in [-0.2, 0) is 6.42 Å². The normalized spacial score (nSPS) is 12.4. The summed E-state index contributed by atoms with van der Waals surface area (Å²) < 4.78 is 18.1. The maximum atomic E-state index is 13.6. The smallest absolute Gasteiger partial charge is 0.414 e. The number of carboxylic acid groups (broad SMARTS) is 1. The number of rotatable bonds is 7. The Morgan fingerprint density at radius 1 is 0.911 bits per heavy atom. The van der Waals surface area contributed by atoms with Gasteiger partial charge >= 0.3 is 6.09 Å². The van der Waals surface area contributed by atoms with Gasteiger partial charge in [-0.05, 0) is 42.5 Å². The fourth-order valence-electron chi connectivity index (χ4n) is 5.11. The number of nitrogens with zero attached hydrogens (tertiary/aromatic N) is 4. The summed E-state index contributed by atoms with van der Waals surface area (Å²) >= 11 is 0. The van der Waals surface area contributed by atoms with Crippen molar-refractivity contribution in [3.8, 4) is 28.7 Å². The zero-order valence-electron chi connectivity index (χ0n) is 24.0. The Hall–Kier alpha value is -6.24. The molecule has 0 fully saturated rings. The van der Waals surface area contributed by atoms with E-state index in [9.17, 15) is 24.3 Å². The maximum absolute atomic E-state index is 13.6. The monoisotopic (exact) mass is 607 g/mol. The second-order valence-corrected chi connectivity index (χ2v) is 9.85. The summed E-state index contributed by atoms with van der Waals surface area (Å²) in [4.78, 5) is 61.0. The van der Waals surface area contributed by atoms with Crippen molar-refractivity contribution in [2.45, 2.75) is 6.42 Å². The largest absolute Gasteiger partial charge is 0.493 e. The number of carbonyl (C=O) groups is 3. The van der Waals surface area contributed by atoms with Crippen LogP contribution < -0.4 is 25.1 Å². The van der Waals surface area contributed by atoms with Gasteiger partial charge in [-0.15, -0.1) is 0 Å². The minimum atomic E-state index is -1.42. The number of fused-ring (bicyclic) bond motifs is 2. The first-order valence-corrected chi connectivity index (χ1v) is 13.6. The van der Waals surface area contributed by atoms with E-state index in [1.165, 1.54) is 31.0 Å². The predicted octanol–water partition coefficient (Wildman–Crippen LogP) is 4.52. The number of benzene rings is 2. The second-order valence-electron chi connectivity index (χ2n) is 9.85. The molecule has 226 valence electrons. The molecule has 13 heteroatoms. The Balaban J connectivity index is 1.29. The quantitative estimate of drug-likeness (QED) is 0.269. The predicted molar refractivity (Wildman–Crippen MR) is 162 cm³/mol. The van der Waals surface area contributed by atoms with Gasteiger partial charge in [-0.25, -0.2) is 14.7 Å². The number of methoxy groups -OCH3 is 2. The van der Waals surface area contributed by atoms with Crippen LogP contribution in [0.15, 0.2) is 83.9 Å². The van der Waals surface area contributed by atoms with Crippen molar-refractivity contribution in [2.24, 2.45) is 0 Å². The molecule has 0 bridgehead atoms. The molecule has 0 atom stereocenters. The fourth-order valence-corrected chi connectivity index (χ4v) is 5.11. The van der Waals surface area contributed by atoms with E-state index in [-0.39, 0.29) is 29.9 Å². The van der Waals surface area contributed by atoms with Gasteiger partial charge in [0.05, 0.1) is 31.5 Å². The topological polar surface area (TPSA) is 162 Å². The SMILES string of the molecule is COc1cc2nccc(Oc3ccc(NC(=O)c4cc5c(n(-c6ccccc6)c4=O)CCN(C(=O)O)C5=O)nc3)c2cc1OC. The number of imide groups is 1. The molecular weight excluding hydrogens is 582 g/mol. The van der Waals surface area contributed by atoms with E-state index in [0.717, 1.165) is 6.07 Å². The summed E-state index contributed by atoms with van der Waals surface area (Å²) in [7, 11) is 3.06. The summed E-state index contributed by atoms with van der Waals surface area (Å²) in [5, 5.41) is 12.7. The van der Waals surface area contributed by atoms with Crippen LogP contribution in [0.4, 0.5) is 10.6 Å². The van der Waals surface area contributed by atoms with E-state index in [2.05, 4.69) is 15.3 Å². The molecule has 2 N–H and O–H groups in total. The van der Waals surface area contributed by atoms with Gasteiger partial charge in [-0.3, -0.25) is 23.9 Å². The number of ether oxygens (including phenoxy) is 3. The number of nitrogens with one attached hydrogen (secondary N) is 1. The highest BCUT2D eigenvalue weighted by molar-refractivity contribution is 6.08. The zero-order valence-corrected chi connectivity index (χ0v) is 24.0. The van der Waals surface area contributed by atoms with Crippen LogP contribution in [-0.4, -0.2) is 63.2 Å². The average Bonchev–Trinajstić information content (AvgIpc) is 3.05. The highest BCUT2D eigenvalue weighted by Gasteiger charge is 2.33. The number of hydrogen-bond acceptors (Lipinski definition) is 9. The standard InChI is InChI=1S/C32H25N5O8/c1-43-26-15-20-23(16-27(26)44-2)33-12-10-25(20)45-19-8-9-28(34-17-19)35-29(38)22-14-21-24(11-13-36(30(21)39)32(41)42)37(31(22)40)18-6-4-3-5-7-18/h3-10,12,14-17H,11,13H2,1-2H3,(H,41,42)(H,34,35,38). The van der Waals surface area contributed by atoms with E-state index in [1.807, 2.05) is 0 Å². The van der Waals surface area contributed by atoms with E-state index >= 15 is 0 Å². The van der Waals surface area contributed by atoms with E-state index in [1.54, 1.807) is 60.8 Å². The molecular formula is C32H25N5O8. The van der Waals surface area contributed by atoms with Crippen molar-refractivity contribution in [3.05, 3.63) is 106 Å². The number of aromatic nitrogens is 3. The summed E-state index contributed by atoms with van der Waals surface area (Å²) in [6.07, 6.45) is 1.67. The molecule has 0 radical (unpaired) electrons. The minimum absolute atomic E-state index is 0.0483. The third-order valence-corrected chi connectivity index (χ3v) is 7.25. The molecule has 3 aromatic heterocycles. The molecule has 0 saturated carbocycles. The van der Waals surface area contributed by atoms with Gasteiger partial charge in [0.25, 0.3) is 17.4 Å². The van der Waals surface area contributed by atoms with Crippen LogP contribution >= 0.6 is 0 Å². The van der Waals surface area contributed by atoms with Gasteiger partial charge in [0.15, 0.2) is 11.5 Å². The lowest BCUT2D eigenvalue weighted by molar-refractivity contribution is 0.0724. The Kier molecular flexibility index (Phi) is 7.57. The van der Waals surface area contributed by atoms with Gasteiger partial charge in [0, 0.05) is 42.0 Å². The van der Waals surface area contributed by atoms with Crippen molar-refractivity contribution in [1.29, 1.82) is 0 Å². The number of amides is 3. The van der Waals surface area contributed by atoms with Crippen molar-refractivity contribution in [2.75, 3.05) is 26.1 Å². The van der Waals surface area contributed by atoms with Crippen molar-refractivity contribution >= 4 is 34.6 Å². The third kappa shape index (κ3) is 5.38. The first kappa shape index (κ1) is 28.9. The lowest BCUT2D eigenvalue weighted by atomic mass is 10.0. The fraction of sp³-hybridized carbons (Fsp3) is 0.125. The molecule has 5 aromatic rings. The van der Waals surface area contributed by atoms with Gasteiger partial charge in [0.1, 0.15) is 22.9 Å². The van der Waals surface area contributed by atoms with Gasteiger partial charge in [-0.1, -0.05) is 18.2 Å². The summed E-state index contributed by atoms with van der Waals surface area (Å²) in [6, 6.07) is 17.9. The zero-order chi connectivity index (χ0) is 31.7. The molecule has 0 saturated heterocycles. The minimum Gasteiger partial charge on any atom is -0.493 e. The highest BCUT2D eigenvalue weighted by atomic mass is 16.5. The van der Waals surface area contributed by atoms with Gasteiger partial charge in [0.2, 0.25) is 0 Å². The molecule has 3 amide bonds. The van der Waals surface area contributed by atoms with Crippen LogP contribution in [0, 0.1) is 0 Å². The number of carbonyl (C=O) groups excluding carboxylic acids is 2. The molecule has 2 aromatic carbocycles. The van der Waals surface area contributed by atoms with Crippen molar-refractivity contribution < 1.29 is 33.7 Å². The maximum Gasteiger partial charge on any atom is 0.414 e. The van der Waals surface area contributed by atoms with Crippen LogP contribution in [0.2, 0.25) is 0 Å². The second kappa shape index (κ2) is 11.8. The number of pyridine rings is 3. The summed E-state index contributed by atoms with van der Waals surface area (Å²) in [6.45, 7) is -0.117. The van der Waals surface area contributed by atoms with E-state index < -0.39 is 23.5 Å². The van der Waals surface area contributed by atoms with Crippen LogP contribution in [0.25, 0.3) is 16.6 Å². The Morgan fingerprint density at radius 2 is 1.67 bits per heavy atom. The molecule has 0 unspecified atom stereocenters. The molecule has 0 aliphatic carbocycles. The summed E-state index contributed by atoms with van der Waals surface area (Å²) in [5.41, 5.74) is 0.318. The molecule has 4 heterocycles. The Bertz CT molecular complexity index is 2030. The lowest BCUT2D eigenvalue weighted by Crippen LogP contribution is -2.44. The number of anilines is 1. The van der Waals surface area contributed by atoms with Crippen LogP contribution in [0.5, 0.6) is 23.0 Å². The molecule has 45 heavy (non-hydrogen) atoms. The van der Waals surface area contributed by atoms with E-state index in [4.69, 9.17) is 14.2 Å². The lowest BCUT2D eigenvalue weighted by Gasteiger charge is -2.27. The number of para-hydroxylation sites is 1. The van der Waals surface area contributed by atoms with Gasteiger partial charge < -0.3 is 24.6 Å². The molecule has 1 aliphatic rings. The van der Waals surface area contributed by atoms with Crippen LogP contribution in [0.3, 0.4) is 0 Å². The van der Waals surface area contributed by atoms with Gasteiger partial charge in [-0.2, -0.15) is 0 Å². The van der Waals surface area contributed by atoms with Crippen molar-refractivity contribution in [3.63, 3.8) is 0 Å². The molecule has 1 aliphatic heterocycles. The van der Waals surface area contributed by atoms with E-state index in [0.29, 0.717) is 50.2 Å². The first-order valence-electron chi connectivity index (χ1n) is 13.6. The molecule has 6 rings (SSSR count). The first-order chi connectivity index (χ1) is 21.8. The Morgan fingerprint density at radius 3 is 2.36 bits per heavy atom. The van der Waals surface area contributed by atoms with Crippen LogP contribution in [0.1, 0.15) is 26.4 Å².